The molecule has 8 heteroatoms. The van der Waals surface area contributed by atoms with E-state index in [2.05, 4.69) is 0 Å². The molecule has 0 heterocycles. The Morgan fingerprint density at radius 3 is 2.06 bits per heavy atom. The number of carbonyl (C=O) groups excluding carboxylic acids is 1. The van der Waals surface area contributed by atoms with Gasteiger partial charge in [0.25, 0.3) is 5.78 Å². The number of rotatable bonds is 2. The van der Waals surface area contributed by atoms with E-state index < -0.39 is 29.3 Å². The van der Waals surface area contributed by atoms with Crippen LogP contribution in [0.5, 0.6) is 0 Å². The summed E-state index contributed by atoms with van der Waals surface area (Å²) < 4.78 is 73.7. The molecule has 1 aromatic rings. The number of benzene rings is 1. The van der Waals surface area contributed by atoms with Crippen LogP contribution in [-0.2, 0) is 6.18 Å². The molecule has 1 aromatic carbocycles. The van der Waals surface area contributed by atoms with Crippen molar-refractivity contribution < 1.29 is 31.1 Å². The topological polar surface area (TPSA) is 17.1 Å². The molecule has 0 aliphatic rings. The van der Waals surface area contributed by atoms with Crippen LogP contribution in [0.2, 0.25) is 0 Å². The lowest BCUT2D eigenvalue weighted by atomic mass is 10.1. The molecule has 0 atom stereocenters. The summed E-state index contributed by atoms with van der Waals surface area (Å²) in [6.45, 7) is 0. The van der Waals surface area contributed by atoms with Gasteiger partial charge in [0.2, 0.25) is 0 Å². The third kappa shape index (κ3) is 3.18. The van der Waals surface area contributed by atoms with Crippen LogP contribution in [-0.4, -0.2) is 18.2 Å². The fourth-order valence-corrected chi connectivity index (χ4v) is 1.83. The van der Waals surface area contributed by atoms with Gasteiger partial charge >= 0.3 is 12.4 Å². The number of alkyl halides is 6. The van der Waals surface area contributed by atoms with Crippen LogP contribution in [0.4, 0.5) is 26.3 Å². The van der Waals surface area contributed by atoms with E-state index in [1.807, 2.05) is 0 Å². The summed E-state index contributed by atoms with van der Waals surface area (Å²) in [6.07, 6.45) is -8.48. The summed E-state index contributed by atoms with van der Waals surface area (Å²) in [4.78, 5) is 10.6. The van der Waals surface area contributed by atoms with Gasteiger partial charge in [0.15, 0.2) is 0 Å². The Labute approximate surface area is 102 Å². The van der Waals surface area contributed by atoms with E-state index in [1.54, 1.807) is 0 Å². The van der Waals surface area contributed by atoms with E-state index in [0.29, 0.717) is 30.0 Å². The number of halogens is 6. The molecule has 1 rings (SSSR count). The van der Waals surface area contributed by atoms with Gasteiger partial charge in [-0.3, -0.25) is 4.79 Å². The lowest BCUT2D eigenvalue weighted by Gasteiger charge is -2.12. The highest BCUT2D eigenvalue weighted by atomic mass is 32.2. The number of ketones is 1. The minimum absolute atomic E-state index is 0.354. The Hall–Kier alpha value is -1.18. The van der Waals surface area contributed by atoms with Crippen LogP contribution in [0.1, 0.15) is 15.9 Å². The van der Waals surface area contributed by atoms with Gasteiger partial charge in [0.05, 0.1) is 5.56 Å². The second-order valence-electron chi connectivity index (χ2n) is 3.24. The van der Waals surface area contributed by atoms with Crippen molar-refractivity contribution in [2.24, 2.45) is 0 Å². The average Bonchev–Trinajstić information content (AvgIpc) is 2.24. The first-order valence-corrected chi connectivity index (χ1v) is 5.66. The Bertz CT molecular complexity index is 462. The predicted octanol–water partition coefficient (Wildman–Crippen LogP) is 4.17. The Kier molecular flexibility index (Phi) is 3.99. The molecule has 100 valence electrons. The number of thioether (sulfide) groups is 1. The van der Waals surface area contributed by atoms with Gasteiger partial charge in [0.1, 0.15) is 0 Å². The van der Waals surface area contributed by atoms with E-state index in [9.17, 15) is 31.1 Å². The van der Waals surface area contributed by atoms with Gasteiger partial charge in [-0.15, -0.1) is 11.8 Å². The largest absolute Gasteiger partial charge is 0.454 e. The molecule has 0 amide bonds. The van der Waals surface area contributed by atoms with Gasteiger partial charge in [-0.05, 0) is 24.5 Å². The fourth-order valence-electron chi connectivity index (χ4n) is 1.21. The zero-order valence-electron chi connectivity index (χ0n) is 8.82. The van der Waals surface area contributed by atoms with Gasteiger partial charge in [-0.25, -0.2) is 0 Å². The van der Waals surface area contributed by atoms with Gasteiger partial charge in [-0.1, -0.05) is 0 Å². The first kappa shape index (κ1) is 14.9. The van der Waals surface area contributed by atoms with Crippen LogP contribution >= 0.6 is 11.8 Å². The molecule has 0 unspecified atom stereocenters. The van der Waals surface area contributed by atoms with Crippen molar-refractivity contribution in [2.45, 2.75) is 17.2 Å². The van der Waals surface area contributed by atoms with E-state index >= 15 is 0 Å². The summed E-state index contributed by atoms with van der Waals surface area (Å²) in [5, 5.41) is 0. The summed E-state index contributed by atoms with van der Waals surface area (Å²) in [6, 6.07) is 1.53. The maximum absolute atomic E-state index is 12.4. The molecular weight excluding hydrogens is 282 g/mol. The Balaban J connectivity index is 3.29. The van der Waals surface area contributed by atoms with Crippen molar-refractivity contribution in [3.63, 3.8) is 0 Å². The fraction of sp³-hybridized carbons (Fsp3) is 0.300. The van der Waals surface area contributed by atoms with Crippen LogP contribution < -0.4 is 0 Å². The second-order valence-corrected chi connectivity index (χ2v) is 4.09. The molecule has 0 saturated carbocycles. The second kappa shape index (κ2) is 4.83. The molecule has 0 radical (unpaired) electrons. The van der Waals surface area contributed by atoms with Crippen LogP contribution in [0.15, 0.2) is 23.1 Å². The zero-order chi connectivity index (χ0) is 14.1. The molecule has 0 saturated heterocycles. The summed E-state index contributed by atoms with van der Waals surface area (Å²) >= 11 is 0.649. The van der Waals surface area contributed by atoms with Gasteiger partial charge in [0, 0.05) is 10.5 Å². The zero-order valence-corrected chi connectivity index (χ0v) is 9.63. The van der Waals surface area contributed by atoms with Crippen molar-refractivity contribution >= 4 is 17.5 Å². The van der Waals surface area contributed by atoms with E-state index in [4.69, 9.17) is 0 Å². The molecule has 0 aromatic heterocycles. The molecule has 0 aliphatic carbocycles. The average molecular weight is 288 g/mol. The maximum Gasteiger partial charge on any atom is 0.454 e. The summed E-state index contributed by atoms with van der Waals surface area (Å²) in [7, 11) is 0. The normalized spacial score (nSPS) is 12.6. The Morgan fingerprint density at radius 2 is 1.67 bits per heavy atom. The standard InChI is InChI=1S/C10H6F6OS/c1-18-7-4-5(9(11,12)13)2-3-6(7)8(17)10(14,15)16/h2-4H,1H3. The molecule has 1 nitrogen and oxygen atoms in total. The van der Waals surface area contributed by atoms with Crippen molar-refractivity contribution in [3.8, 4) is 0 Å². The van der Waals surface area contributed by atoms with Gasteiger partial charge in [-0.2, -0.15) is 26.3 Å². The van der Waals surface area contributed by atoms with Crippen LogP contribution in [0.3, 0.4) is 0 Å². The van der Waals surface area contributed by atoms with Crippen LogP contribution in [0.25, 0.3) is 0 Å². The molecular formula is C10H6F6OS. The Morgan fingerprint density at radius 1 is 1.11 bits per heavy atom. The third-order valence-electron chi connectivity index (χ3n) is 2.03. The highest BCUT2D eigenvalue weighted by Gasteiger charge is 2.41. The lowest BCUT2D eigenvalue weighted by molar-refractivity contribution is -0.137. The quantitative estimate of drug-likeness (QED) is 0.461. The van der Waals surface area contributed by atoms with Crippen LogP contribution in [0, 0.1) is 0 Å². The van der Waals surface area contributed by atoms with Crippen molar-refractivity contribution in [3.05, 3.63) is 29.3 Å². The lowest BCUT2D eigenvalue weighted by Crippen LogP contribution is -2.23. The maximum atomic E-state index is 12.4. The number of Topliss-reactive ketones (excluding diaryl/α,β-unsaturated/α-hetero) is 1. The predicted molar refractivity (Wildman–Crippen MR) is 53.6 cm³/mol. The van der Waals surface area contributed by atoms with Crippen molar-refractivity contribution in [2.75, 3.05) is 6.26 Å². The molecule has 0 aliphatic heterocycles. The molecule has 0 fully saturated rings. The third-order valence-corrected chi connectivity index (χ3v) is 2.81. The molecule has 0 N–H and O–H groups in total. The monoisotopic (exact) mass is 288 g/mol. The molecule has 18 heavy (non-hydrogen) atoms. The van der Waals surface area contributed by atoms with E-state index in [-0.39, 0.29) is 4.90 Å². The van der Waals surface area contributed by atoms with E-state index in [0.717, 1.165) is 0 Å². The van der Waals surface area contributed by atoms with Crippen molar-refractivity contribution in [1.82, 2.24) is 0 Å². The SMILES string of the molecule is CSc1cc(C(F)(F)F)ccc1C(=O)C(F)(F)F. The summed E-state index contributed by atoms with van der Waals surface area (Å²) in [5.74, 6) is -2.15. The number of hydrogen-bond acceptors (Lipinski definition) is 2. The minimum atomic E-state index is -5.11. The smallest absolute Gasteiger partial charge is 0.284 e. The van der Waals surface area contributed by atoms with Crippen molar-refractivity contribution in [1.29, 1.82) is 0 Å². The molecule has 0 spiro atoms. The highest BCUT2D eigenvalue weighted by Crippen LogP contribution is 2.35. The van der Waals surface area contributed by atoms with Gasteiger partial charge < -0.3 is 0 Å². The van der Waals surface area contributed by atoms with E-state index in [1.165, 1.54) is 6.26 Å². The number of carbonyl (C=O) groups is 1. The minimum Gasteiger partial charge on any atom is -0.284 e. The first-order valence-electron chi connectivity index (χ1n) is 4.44. The number of hydrogen-bond donors (Lipinski definition) is 0. The first-order chi connectivity index (χ1) is 8.07. The highest BCUT2D eigenvalue weighted by molar-refractivity contribution is 7.98. The molecule has 0 bridgehead atoms. The summed E-state index contributed by atoms with van der Waals surface area (Å²) in [5.41, 5.74) is -1.87.